The number of fused-ring (bicyclic) bond motifs is 2. The van der Waals surface area contributed by atoms with E-state index in [9.17, 15) is 31.5 Å². The maximum atomic E-state index is 14.4. The average Bonchev–Trinajstić information content (AvgIpc) is 0.796. The minimum Gasteiger partial charge on any atom is -0.492 e. The standard InChI is InChI=1S/C29H33FN2O4.C16H20N2O2.C13H14FNO.C13H15FO3.C7H3F2N.C6H12O/c30-22-18-21(19-24(20-22)36-23-6-2-1-3-7-23)29(33)31-27-10-11-28(26-9-5-4-8-25(26)27)35-17-14-32-12-15-34-16-13-32;17-15-5-6-16(14-4-2-1-3-13(14)15)20-12-9-18-7-10-19-11-8-18;14-11-6-10(9-15)7-13(8-11)16-12-4-2-1-3-5-12;14-10-6-9(13(15)16)7-12(8-10)17-11-4-2-1-3-5-11;8-6-1-5(4-10)2-7(9)3-6;7-6-4-2-1-3-5-6/h4-5,8-11,18-20,23H,1-3,6-7,12-17H2,(H,31,33);1-6H,7-12,17H2;6-8,12H,1-5H2;6-8,11H,1-5H2,(H,15,16);1-3H;6-7H,1-5H2. The third-order valence-corrected chi connectivity index (χ3v) is 19.0. The van der Waals surface area contributed by atoms with E-state index in [0.717, 1.165) is 206 Å². The number of benzene rings is 8. The molecule has 8 aromatic rings. The van der Waals surface area contributed by atoms with Crippen LogP contribution in [0, 0.1) is 51.7 Å². The van der Waals surface area contributed by atoms with Gasteiger partial charge in [0.1, 0.15) is 71.0 Å². The van der Waals surface area contributed by atoms with Crippen LogP contribution in [0.2, 0.25) is 0 Å². The number of morpholine rings is 2. The Bertz CT molecular complexity index is 4140. The van der Waals surface area contributed by atoms with Crippen molar-refractivity contribution in [3.63, 3.8) is 0 Å². The molecular weight excluding hydrogens is 1360 g/mol. The second-order valence-electron chi connectivity index (χ2n) is 27.1. The topological polar surface area (TPSA) is 231 Å². The van der Waals surface area contributed by atoms with E-state index in [1.807, 2.05) is 72.8 Å². The zero-order valence-corrected chi connectivity index (χ0v) is 60.1. The Labute approximate surface area is 617 Å². The largest absolute Gasteiger partial charge is 0.492 e. The Kier molecular flexibility index (Phi) is 32.8. The summed E-state index contributed by atoms with van der Waals surface area (Å²) in [5.74, 6) is -1.57. The number of carbonyl (C=O) groups is 2. The van der Waals surface area contributed by atoms with Gasteiger partial charge in [-0.25, -0.2) is 26.7 Å². The van der Waals surface area contributed by atoms with Crippen LogP contribution in [0.4, 0.5) is 33.3 Å². The molecule has 0 aromatic heterocycles. The van der Waals surface area contributed by atoms with Crippen LogP contribution in [0.15, 0.2) is 146 Å². The first kappa shape index (κ1) is 80.5. The Morgan fingerprint density at radius 1 is 0.462 bits per heavy atom. The monoisotopic (exact) mass is 1460 g/mol. The molecule has 2 aliphatic heterocycles. The minimum atomic E-state index is -1.14. The van der Waals surface area contributed by atoms with E-state index in [1.165, 1.54) is 87.8 Å². The number of aliphatic hydroxyl groups is 1. The molecule has 2 saturated heterocycles. The molecule has 5 N–H and O–H groups in total. The van der Waals surface area contributed by atoms with Gasteiger partial charge in [0.2, 0.25) is 0 Å². The SMILES string of the molecule is N#Cc1cc(F)cc(F)c1.N#Cc1cc(F)cc(OC2CCCCC2)c1.Nc1ccc(OCCN2CCOCC2)c2ccccc12.O=C(Nc1ccc(OCCN2CCOCC2)c2ccccc12)c1cc(F)cc(OC2CCCCC2)c1.O=C(O)c1cc(F)cc(OC2CCCCC2)c1.OC1CCCCC1. The fraction of sp³-hybridized carbons (Fsp3) is 0.429. The zero-order valence-electron chi connectivity index (χ0n) is 60.1. The smallest absolute Gasteiger partial charge is 0.335 e. The lowest BCUT2D eigenvalue weighted by molar-refractivity contribution is 0.0322. The summed E-state index contributed by atoms with van der Waals surface area (Å²) in [5, 5.41) is 41.5. The van der Waals surface area contributed by atoms with Gasteiger partial charge in [0, 0.05) is 102 Å². The van der Waals surface area contributed by atoms with E-state index in [-0.39, 0.29) is 47.0 Å². The highest BCUT2D eigenvalue weighted by molar-refractivity contribution is 6.10. The molecule has 1 amide bonds. The van der Waals surface area contributed by atoms with Gasteiger partial charge in [-0.2, -0.15) is 10.5 Å². The van der Waals surface area contributed by atoms with Gasteiger partial charge in [-0.05, 0) is 163 Å². The first-order valence-electron chi connectivity index (χ1n) is 37.1. The predicted molar refractivity (Wildman–Crippen MR) is 399 cm³/mol. The van der Waals surface area contributed by atoms with Crippen molar-refractivity contribution in [1.82, 2.24) is 9.80 Å². The number of rotatable bonds is 17. The number of anilines is 2. The van der Waals surface area contributed by atoms with Gasteiger partial charge in [0.05, 0.1) is 79.7 Å². The Balaban J connectivity index is 0.000000159. The van der Waals surface area contributed by atoms with Crippen LogP contribution in [0.5, 0.6) is 28.7 Å². The Hall–Kier alpha value is -9.55. The average molecular weight is 1460 g/mol. The number of carboxylic acids is 1. The van der Waals surface area contributed by atoms with Crippen molar-refractivity contribution in [3.8, 4) is 40.9 Å². The highest BCUT2D eigenvalue weighted by atomic mass is 19.1. The quantitative estimate of drug-likeness (QED) is 0.0490. The van der Waals surface area contributed by atoms with Crippen molar-refractivity contribution in [2.45, 2.75) is 153 Å². The van der Waals surface area contributed by atoms with Gasteiger partial charge in [-0.3, -0.25) is 14.6 Å². The molecule has 6 fully saturated rings. The number of carbonyl (C=O) groups excluding carboxylic acids is 1. The highest BCUT2D eigenvalue weighted by Crippen LogP contribution is 2.35. The number of nitriles is 2. The van der Waals surface area contributed by atoms with E-state index < -0.39 is 35.1 Å². The molecule has 106 heavy (non-hydrogen) atoms. The van der Waals surface area contributed by atoms with Crippen LogP contribution >= 0.6 is 0 Å². The van der Waals surface area contributed by atoms with Gasteiger partial charge in [-0.1, -0.05) is 87.1 Å². The maximum Gasteiger partial charge on any atom is 0.335 e. The van der Waals surface area contributed by atoms with Crippen LogP contribution in [-0.2, 0) is 9.47 Å². The summed E-state index contributed by atoms with van der Waals surface area (Å²) >= 11 is 0. The summed E-state index contributed by atoms with van der Waals surface area (Å²) in [7, 11) is 0. The van der Waals surface area contributed by atoms with E-state index >= 15 is 0 Å². The number of hydrogen-bond acceptors (Lipinski definition) is 15. The molecule has 0 spiro atoms. The first-order valence-corrected chi connectivity index (χ1v) is 37.1. The van der Waals surface area contributed by atoms with Crippen molar-refractivity contribution < 1.29 is 74.9 Å². The number of nitrogens with zero attached hydrogens (tertiary/aromatic N) is 4. The lowest BCUT2D eigenvalue weighted by Crippen LogP contribution is -2.38. The third-order valence-electron chi connectivity index (χ3n) is 19.0. The number of aliphatic hydroxyl groups excluding tert-OH is 1. The lowest BCUT2D eigenvalue weighted by atomic mass is 9.98. The molecule has 17 nitrogen and oxygen atoms in total. The summed E-state index contributed by atoms with van der Waals surface area (Å²) in [5.41, 5.74) is 7.90. The Morgan fingerprint density at radius 3 is 1.28 bits per heavy atom. The molecule has 2 heterocycles. The van der Waals surface area contributed by atoms with Crippen LogP contribution in [0.1, 0.15) is 160 Å². The molecule has 14 rings (SSSR count). The molecule has 0 unspecified atom stereocenters. The zero-order chi connectivity index (χ0) is 74.8. The summed E-state index contributed by atoms with van der Waals surface area (Å²) in [4.78, 5) is 28.6. The summed E-state index contributed by atoms with van der Waals surface area (Å²) in [6, 6.07) is 41.7. The molecule has 22 heteroatoms. The highest BCUT2D eigenvalue weighted by Gasteiger charge is 2.22. The van der Waals surface area contributed by atoms with Gasteiger partial charge in [0.15, 0.2) is 0 Å². The molecular formula is C84H97F5N6O11. The molecule has 0 bridgehead atoms. The van der Waals surface area contributed by atoms with E-state index in [1.54, 1.807) is 18.2 Å². The molecule has 4 saturated carbocycles. The molecule has 6 aliphatic rings. The van der Waals surface area contributed by atoms with Crippen LogP contribution in [0.25, 0.3) is 21.5 Å². The van der Waals surface area contributed by atoms with Crippen LogP contribution in [-0.4, -0.2) is 135 Å². The van der Waals surface area contributed by atoms with Gasteiger partial charge >= 0.3 is 5.97 Å². The molecule has 564 valence electrons. The number of aromatic carboxylic acids is 1. The number of nitrogen functional groups attached to an aromatic ring is 1. The van der Waals surface area contributed by atoms with Crippen molar-refractivity contribution >= 4 is 44.8 Å². The van der Waals surface area contributed by atoms with Crippen LogP contribution in [0.3, 0.4) is 0 Å². The number of amides is 1. The number of nitrogens with one attached hydrogen (secondary N) is 1. The second kappa shape index (κ2) is 43.2. The first-order chi connectivity index (χ1) is 51.5. The van der Waals surface area contributed by atoms with Gasteiger partial charge in [-0.15, -0.1) is 0 Å². The number of nitrogens with two attached hydrogens (primary N) is 1. The number of carboxylic acid groups (broad SMARTS) is 1. The summed E-state index contributed by atoms with van der Waals surface area (Å²) in [6.07, 6.45) is 22.7. The van der Waals surface area contributed by atoms with Crippen molar-refractivity contribution in [1.29, 1.82) is 10.5 Å². The van der Waals surface area contributed by atoms with E-state index in [2.05, 4.69) is 21.2 Å². The lowest BCUT2D eigenvalue weighted by Gasteiger charge is -2.26. The van der Waals surface area contributed by atoms with Crippen molar-refractivity contribution in [2.75, 3.05) is 90.0 Å². The fourth-order valence-corrected chi connectivity index (χ4v) is 13.4. The number of halogens is 5. The second-order valence-corrected chi connectivity index (χ2v) is 27.1. The van der Waals surface area contributed by atoms with E-state index in [4.69, 9.17) is 59.6 Å². The summed E-state index contributed by atoms with van der Waals surface area (Å²) < 4.78 is 105. The van der Waals surface area contributed by atoms with Crippen molar-refractivity contribution in [2.24, 2.45) is 0 Å². The van der Waals surface area contributed by atoms with Gasteiger partial charge < -0.3 is 54.4 Å². The predicted octanol–water partition coefficient (Wildman–Crippen LogP) is 17.6. The minimum absolute atomic E-state index is 0.00231. The molecule has 0 atom stereocenters. The normalized spacial score (nSPS) is 16.6. The van der Waals surface area contributed by atoms with Crippen LogP contribution < -0.4 is 34.7 Å². The molecule has 4 aliphatic carbocycles. The number of ether oxygens (including phenoxy) is 7. The van der Waals surface area contributed by atoms with Gasteiger partial charge in [0.25, 0.3) is 5.91 Å². The summed E-state index contributed by atoms with van der Waals surface area (Å²) in [6.45, 7) is 10.0. The Morgan fingerprint density at radius 2 is 0.840 bits per heavy atom. The maximum absolute atomic E-state index is 14.4. The third kappa shape index (κ3) is 27.1. The van der Waals surface area contributed by atoms with E-state index in [0.29, 0.717) is 41.7 Å². The molecule has 8 aromatic carbocycles. The number of hydrogen-bond donors (Lipinski definition) is 4. The molecule has 0 radical (unpaired) electrons. The van der Waals surface area contributed by atoms with Crippen molar-refractivity contribution in [3.05, 3.63) is 197 Å². The fourth-order valence-electron chi connectivity index (χ4n) is 13.4.